The van der Waals surface area contributed by atoms with E-state index in [2.05, 4.69) is 15.9 Å². The molecule has 0 radical (unpaired) electrons. The maximum Gasteiger partial charge on any atom is 0.268 e. The fourth-order valence-electron chi connectivity index (χ4n) is 1.63. The lowest BCUT2D eigenvalue weighted by Gasteiger charge is -2.34. The summed E-state index contributed by atoms with van der Waals surface area (Å²) >= 11 is 8.64. The average molecular weight is 331 g/mol. The van der Waals surface area contributed by atoms with Crippen molar-refractivity contribution in [3.8, 4) is 0 Å². The van der Waals surface area contributed by atoms with Crippen LogP contribution in [-0.2, 0) is 4.74 Å². The second-order valence-electron chi connectivity index (χ2n) is 4.36. The van der Waals surface area contributed by atoms with Gasteiger partial charge in [-0.25, -0.2) is 8.78 Å². The third-order valence-corrected chi connectivity index (χ3v) is 3.38. The zero-order valence-corrected chi connectivity index (χ0v) is 12.0. The quantitative estimate of drug-likeness (QED) is 0.800. The molecule has 0 saturated carbocycles. The van der Waals surface area contributed by atoms with Gasteiger partial charge in [0.1, 0.15) is 12.4 Å². The van der Waals surface area contributed by atoms with Gasteiger partial charge in [-0.15, -0.1) is 11.6 Å². The zero-order valence-electron chi connectivity index (χ0n) is 9.70. The second-order valence-corrected chi connectivity index (χ2v) is 5.59. The Bertz CT molecular complexity index is 361. The van der Waals surface area contributed by atoms with Crippen LogP contribution < -0.4 is 5.73 Å². The largest absolute Gasteiger partial charge is 0.495 e. The lowest BCUT2D eigenvalue weighted by molar-refractivity contribution is 0.0533. The molecule has 0 amide bonds. The molecule has 0 aromatic rings. The molecule has 1 aliphatic rings. The molecule has 0 heterocycles. The van der Waals surface area contributed by atoms with E-state index >= 15 is 0 Å². The molecule has 1 unspecified atom stereocenters. The van der Waals surface area contributed by atoms with Crippen LogP contribution >= 0.6 is 27.5 Å². The van der Waals surface area contributed by atoms with Crippen LogP contribution in [0, 0.1) is 0 Å². The summed E-state index contributed by atoms with van der Waals surface area (Å²) in [6.45, 7) is 2.83. The first-order valence-corrected chi connectivity index (χ1v) is 6.48. The Morgan fingerprint density at radius 2 is 2.24 bits per heavy atom. The first-order chi connectivity index (χ1) is 7.68. The van der Waals surface area contributed by atoms with Crippen molar-refractivity contribution < 1.29 is 13.5 Å². The van der Waals surface area contributed by atoms with Crippen LogP contribution in [0.4, 0.5) is 8.78 Å². The summed E-state index contributed by atoms with van der Waals surface area (Å²) in [6, 6.07) is 0. The fraction of sp³-hybridized carbons (Fsp3) is 0.636. The van der Waals surface area contributed by atoms with Crippen LogP contribution in [0.5, 0.6) is 0 Å². The molecule has 0 aliphatic heterocycles. The molecule has 6 heteroatoms. The van der Waals surface area contributed by atoms with Crippen LogP contribution in [0.15, 0.2) is 21.9 Å². The van der Waals surface area contributed by atoms with Gasteiger partial charge in [0, 0.05) is 23.4 Å². The Balaban J connectivity index is 3.04. The maximum absolute atomic E-state index is 13.3. The van der Waals surface area contributed by atoms with E-state index in [1.807, 2.05) is 0 Å². The molecular weight excluding hydrogens is 315 g/mol. The smallest absolute Gasteiger partial charge is 0.268 e. The average Bonchev–Trinajstić information content (AvgIpc) is 2.17. The summed E-state index contributed by atoms with van der Waals surface area (Å²) in [6.07, 6.45) is 1.55. The minimum absolute atomic E-state index is 0.0132. The molecule has 0 fully saturated rings. The number of hydrogen-bond donors (Lipinski definition) is 1. The predicted molar refractivity (Wildman–Crippen MR) is 68.5 cm³/mol. The predicted octanol–water partition coefficient (Wildman–Crippen LogP) is 3.55. The Labute approximate surface area is 113 Å². The van der Waals surface area contributed by atoms with Gasteiger partial charge >= 0.3 is 0 Å². The van der Waals surface area contributed by atoms with E-state index in [0.29, 0.717) is 22.7 Å². The molecule has 17 heavy (non-hydrogen) atoms. The second kappa shape index (κ2) is 5.24. The number of halogens is 4. The van der Waals surface area contributed by atoms with Gasteiger partial charge < -0.3 is 10.5 Å². The number of rotatable bonds is 4. The van der Waals surface area contributed by atoms with E-state index in [1.54, 1.807) is 6.92 Å². The standard InChI is InChI=1S/C11H15BrClF2NO/c1-10(16)6-7(11(2,14)15)8(12)5-9(10)17-4-3-13/h5H,3-4,6,16H2,1-2H3. The van der Waals surface area contributed by atoms with E-state index in [4.69, 9.17) is 22.1 Å². The fourth-order valence-corrected chi connectivity index (χ4v) is 2.40. The number of ether oxygens (including phenoxy) is 1. The number of allylic oxidation sites excluding steroid dienone is 2. The van der Waals surface area contributed by atoms with Crippen molar-refractivity contribution in [2.45, 2.75) is 31.7 Å². The Kier molecular flexibility index (Phi) is 4.60. The number of alkyl halides is 3. The van der Waals surface area contributed by atoms with Gasteiger partial charge in [-0.2, -0.15) is 0 Å². The summed E-state index contributed by atoms with van der Waals surface area (Å²) < 4.78 is 32.4. The van der Waals surface area contributed by atoms with Crippen molar-refractivity contribution in [2.75, 3.05) is 12.5 Å². The van der Waals surface area contributed by atoms with E-state index < -0.39 is 11.5 Å². The Hall–Kier alpha value is -0.130. The van der Waals surface area contributed by atoms with Crippen molar-refractivity contribution in [3.63, 3.8) is 0 Å². The van der Waals surface area contributed by atoms with E-state index in [-0.39, 0.29) is 12.0 Å². The summed E-state index contributed by atoms with van der Waals surface area (Å²) in [5.74, 6) is -2.10. The van der Waals surface area contributed by atoms with E-state index in [9.17, 15) is 8.78 Å². The molecule has 0 bridgehead atoms. The zero-order chi connectivity index (χ0) is 13.3. The first-order valence-electron chi connectivity index (χ1n) is 5.15. The highest BCUT2D eigenvalue weighted by Crippen LogP contribution is 2.41. The highest BCUT2D eigenvalue weighted by molar-refractivity contribution is 9.11. The van der Waals surface area contributed by atoms with Crippen molar-refractivity contribution >= 4 is 27.5 Å². The highest BCUT2D eigenvalue weighted by Gasteiger charge is 2.40. The van der Waals surface area contributed by atoms with Gasteiger partial charge in [0.2, 0.25) is 0 Å². The van der Waals surface area contributed by atoms with Crippen molar-refractivity contribution in [1.29, 1.82) is 0 Å². The molecule has 1 rings (SSSR count). The minimum atomic E-state index is -2.89. The topological polar surface area (TPSA) is 35.2 Å². The SMILES string of the molecule is CC(F)(F)C1=C(Br)C=C(OCCCl)C(C)(N)C1. The third-order valence-electron chi connectivity index (χ3n) is 2.52. The summed E-state index contributed by atoms with van der Waals surface area (Å²) in [5, 5.41) is 0. The van der Waals surface area contributed by atoms with Gasteiger partial charge in [-0.3, -0.25) is 0 Å². The highest BCUT2D eigenvalue weighted by atomic mass is 79.9. The molecule has 0 spiro atoms. The van der Waals surface area contributed by atoms with Crippen molar-refractivity contribution in [3.05, 3.63) is 21.9 Å². The van der Waals surface area contributed by atoms with Crippen LogP contribution in [0.25, 0.3) is 0 Å². The Morgan fingerprint density at radius 1 is 1.65 bits per heavy atom. The summed E-state index contributed by atoms with van der Waals surface area (Å²) in [7, 11) is 0. The number of nitrogens with two attached hydrogens (primary N) is 1. The maximum atomic E-state index is 13.3. The van der Waals surface area contributed by atoms with Gasteiger partial charge in [0.25, 0.3) is 5.92 Å². The summed E-state index contributed by atoms with van der Waals surface area (Å²) in [4.78, 5) is 0. The Morgan fingerprint density at radius 3 is 2.71 bits per heavy atom. The molecule has 1 aliphatic carbocycles. The third kappa shape index (κ3) is 3.66. The van der Waals surface area contributed by atoms with Gasteiger partial charge in [-0.05, 0) is 13.0 Å². The van der Waals surface area contributed by atoms with Crippen LogP contribution in [0.1, 0.15) is 20.3 Å². The first kappa shape index (κ1) is 14.9. The molecule has 0 saturated heterocycles. The van der Waals surface area contributed by atoms with E-state index in [0.717, 1.165) is 6.92 Å². The normalized spacial score (nSPS) is 25.9. The monoisotopic (exact) mass is 329 g/mol. The van der Waals surface area contributed by atoms with Crippen LogP contribution in [-0.4, -0.2) is 23.9 Å². The van der Waals surface area contributed by atoms with Crippen LogP contribution in [0.2, 0.25) is 0 Å². The van der Waals surface area contributed by atoms with E-state index in [1.165, 1.54) is 6.08 Å². The molecule has 1 atom stereocenters. The molecule has 0 aromatic heterocycles. The molecular formula is C11H15BrClF2NO. The lowest BCUT2D eigenvalue weighted by Crippen LogP contribution is -2.43. The molecule has 98 valence electrons. The summed E-state index contributed by atoms with van der Waals surface area (Å²) in [5.41, 5.74) is 5.04. The molecule has 2 N–H and O–H groups in total. The van der Waals surface area contributed by atoms with Crippen molar-refractivity contribution in [2.24, 2.45) is 5.73 Å². The minimum Gasteiger partial charge on any atom is -0.495 e. The van der Waals surface area contributed by atoms with Crippen molar-refractivity contribution in [1.82, 2.24) is 0 Å². The molecule has 0 aromatic carbocycles. The molecule has 2 nitrogen and oxygen atoms in total. The van der Waals surface area contributed by atoms with Gasteiger partial charge in [-0.1, -0.05) is 15.9 Å². The lowest BCUT2D eigenvalue weighted by atomic mass is 9.85. The van der Waals surface area contributed by atoms with Crippen LogP contribution in [0.3, 0.4) is 0 Å². The van der Waals surface area contributed by atoms with Gasteiger partial charge in [0.15, 0.2) is 0 Å². The number of hydrogen-bond acceptors (Lipinski definition) is 2. The van der Waals surface area contributed by atoms with Gasteiger partial charge in [0.05, 0.1) is 11.4 Å².